The third-order valence-electron chi connectivity index (χ3n) is 2.20. The van der Waals surface area contributed by atoms with Crippen LogP contribution >= 0.6 is 15.9 Å². The van der Waals surface area contributed by atoms with Crippen LogP contribution in [0.2, 0.25) is 0 Å². The molecular weight excluding hydrogens is 311 g/mol. The monoisotopic (exact) mass is 323 g/mol. The highest BCUT2D eigenvalue weighted by Gasteiger charge is 2.32. The van der Waals surface area contributed by atoms with Gasteiger partial charge in [0.1, 0.15) is 0 Å². The SMILES string of the molecule is C=C(CC)CNc1ccc(Br)cc1OC(F)(F)F. The van der Waals surface area contributed by atoms with Crippen molar-refractivity contribution in [1.29, 1.82) is 0 Å². The van der Waals surface area contributed by atoms with Crippen molar-refractivity contribution >= 4 is 21.6 Å². The largest absolute Gasteiger partial charge is 0.573 e. The summed E-state index contributed by atoms with van der Waals surface area (Å²) in [4.78, 5) is 0. The second-order valence-electron chi connectivity index (χ2n) is 3.65. The molecule has 0 amide bonds. The first-order chi connectivity index (χ1) is 8.31. The van der Waals surface area contributed by atoms with Gasteiger partial charge in [0.15, 0.2) is 5.75 Å². The van der Waals surface area contributed by atoms with Gasteiger partial charge in [0.25, 0.3) is 0 Å². The molecule has 1 aromatic carbocycles. The number of ether oxygens (including phenoxy) is 1. The number of hydrogen-bond donors (Lipinski definition) is 1. The maximum absolute atomic E-state index is 12.2. The highest BCUT2D eigenvalue weighted by Crippen LogP contribution is 2.33. The molecule has 0 atom stereocenters. The third-order valence-corrected chi connectivity index (χ3v) is 2.69. The number of alkyl halides is 3. The number of nitrogens with one attached hydrogen (secondary N) is 1. The maximum Gasteiger partial charge on any atom is 0.573 e. The molecule has 0 aliphatic rings. The minimum absolute atomic E-state index is 0.263. The lowest BCUT2D eigenvalue weighted by Crippen LogP contribution is -2.18. The topological polar surface area (TPSA) is 21.3 Å². The Hall–Kier alpha value is -1.17. The molecule has 0 aliphatic heterocycles. The number of rotatable bonds is 5. The highest BCUT2D eigenvalue weighted by atomic mass is 79.9. The molecule has 6 heteroatoms. The van der Waals surface area contributed by atoms with Crippen molar-refractivity contribution in [2.75, 3.05) is 11.9 Å². The van der Waals surface area contributed by atoms with Crippen molar-refractivity contribution in [3.8, 4) is 5.75 Å². The van der Waals surface area contributed by atoms with E-state index in [1.165, 1.54) is 12.1 Å². The van der Waals surface area contributed by atoms with Crippen LogP contribution in [0.3, 0.4) is 0 Å². The predicted molar refractivity (Wildman–Crippen MR) is 68.7 cm³/mol. The highest BCUT2D eigenvalue weighted by molar-refractivity contribution is 9.10. The van der Waals surface area contributed by atoms with E-state index >= 15 is 0 Å². The van der Waals surface area contributed by atoms with E-state index in [9.17, 15) is 13.2 Å². The van der Waals surface area contributed by atoms with Gasteiger partial charge in [-0.15, -0.1) is 13.2 Å². The molecule has 0 spiro atoms. The fourth-order valence-corrected chi connectivity index (χ4v) is 1.54. The molecule has 0 fully saturated rings. The second kappa shape index (κ2) is 6.13. The summed E-state index contributed by atoms with van der Waals surface area (Å²) in [6.07, 6.45) is -3.95. The van der Waals surface area contributed by atoms with Gasteiger partial charge in [-0.25, -0.2) is 0 Å². The molecule has 100 valence electrons. The fourth-order valence-electron chi connectivity index (χ4n) is 1.20. The Balaban J connectivity index is 2.86. The van der Waals surface area contributed by atoms with Crippen molar-refractivity contribution in [2.45, 2.75) is 19.7 Å². The maximum atomic E-state index is 12.2. The fraction of sp³-hybridized carbons (Fsp3) is 0.333. The van der Waals surface area contributed by atoms with Crippen molar-refractivity contribution in [3.05, 3.63) is 34.8 Å². The van der Waals surface area contributed by atoms with Crippen molar-refractivity contribution < 1.29 is 17.9 Å². The van der Waals surface area contributed by atoms with Crippen LogP contribution in [0.4, 0.5) is 18.9 Å². The number of anilines is 1. The first kappa shape index (κ1) is 14.9. The molecule has 0 saturated heterocycles. The molecule has 0 saturated carbocycles. The molecule has 0 bridgehead atoms. The van der Waals surface area contributed by atoms with E-state index in [2.05, 4.69) is 32.6 Å². The van der Waals surface area contributed by atoms with Crippen LogP contribution in [0.25, 0.3) is 0 Å². The molecule has 1 rings (SSSR count). The summed E-state index contributed by atoms with van der Waals surface area (Å²) in [5.74, 6) is -0.263. The molecule has 2 nitrogen and oxygen atoms in total. The van der Waals surface area contributed by atoms with E-state index in [1.807, 2.05) is 6.92 Å². The Morgan fingerprint density at radius 1 is 1.44 bits per heavy atom. The van der Waals surface area contributed by atoms with E-state index in [1.54, 1.807) is 6.07 Å². The molecule has 0 aliphatic carbocycles. The van der Waals surface area contributed by atoms with Crippen LogP contribution in [0.1, 0.15) is 13.3 Å². The summed E-state index contributed by atoms with van der Waals surface area (Å²) in [6, 6.07) is 4.43. The molecule has 1 N–H and O–H groups in total. The lowest BCUT2D eigenvalue weighted by Gasteiger charge is -2.15. The summed E-state index contributed by atoms with van der Waals surface area (Å²) in [7, 11) is 0. The third kappa shape index (κ3) is 5.00. The van der Waals surface area contributed by atoms with E-state index in [4.69, 9.17) is 0 Å². The standard InChI is InChI=1S/C12H13BrF3NO/c1-3-8(2)7-17-10-5-4-9(13)6-11(10)18-12(14,15)16/h4-6,17H,2-3,7H2,1H3. The van der Waals surface area contributed by atoms with Crippen LogP contribution in [0, 0.1) is 0 Å². The van der Waals surface area contributed by atoms with Gasteiger partial charge in [0, 0.05) is 11.0 Å². The lowest BCUT2D eigenvalue weighted by atomic mass is 10.2. The van der Waals surface area contributed by atoms with Gasteiger partial charge < -0.3 is 10.1 Å². The first-order valence-electron chi connectivity index (χ1n) is 5.27. The number of hydrogen-bond acceptors (Lipinski definition) is 2. The van der Waals surface area contributed by atoms with Gasteiger partial charge in [0.05, 0.1) is 5.69 Å². The summed E-state index contributed by atoms with van der Waals surface area (Å²) < 4.78 is 41.2. The Morgan fingerprint density at radius 3 is 2.67 bits per heavy atom. The van der Waals surface area contributed by atoms with Gasteiger partial charge in [-0.05, 0) is 24.6 Å². The zero-order valence-corrected chi connectivity index (χ0v) is 11.4. The smallest absolute Gasteiger partial charge is 0.404 e. The molecule has 0 radical (unpaired) electrons. The first-order valence-corrected chi connectivity index (χ1v) is 6.07. The zero-order chi connectivity index (χ0) is 13.8. The Bertz CT molecular complexity index is 432. The molecular formula is C12H13BrF3NO. The van der Waals surface area contributed by atoms with Crippen LogP contribution < -0.4 is 10.1 Å². The molecule has 0 heterocycles. The van der Waals surface area contributed by atoms with Gasteiger partial charge >= 0.3 is 6.36 Å². The minimum Gasteiger partial charge on any atom is -0.404 e. The van der Waals surface area contributed by atoms with Crippen LogP contribution in [0.5, 0.6) is 5.75 Å². The van der Waals surface area contributed by atoms with Crippen LogP contribution in [-0.4, -0.2) is 12.9 Å². The van der Waals surface area contributed by atoms with E-state index in [0.717, 1.165) is 12.0 Å². The van der Waals surface area contributed by atoms with Gasteiger partial charge in [0.2, 0.25) is 0 Å². The van der Waals surface area contributed by atoms with Crippen LogP contribution in [0.15, 0.2) is 34.8 Å². The average molecular weight is 324 g/mol. The molecule has 18 heavy (non-hydrogen) atoms. The zero-order valence-electron chi connectivity index (χ0n) is 9.77. The molecule has 0 unspecified atom stereocenters. The minimum atomic E-state index is -4.71. The van der Waals surface area contributed by atoms with Crippen molar-refractivity contribution in [1.82, 2.24) is 0 Å². The predicted octanol–water partition coefficient (Wildman–Crippen LogP) is 4.73. The Kier molecular flexibility index (Phi) is 5.07. The van der Waals surface area contributed by atoms with E-state index in [-0.39, 0.29) is 11.4 Å². The van der Waals surface area contributed by atoms with Gasteiger partial charge in [-0.3, -0.25) is 0 Å². The normalized spacial score (nSPS) is 11.2. The van der Waals surface area contributed by atoms with E-state index in [0.29, 0.717) is 11.0 Å². The quantitative estimate of drug-likeness (QED) is 0.791. The van der Waals surface area contributed by atoms with E-state index < -0.39 is 6.36 Å². The summed E-state index contributed by atoms with van der Waals surface area (Å²) in [5, 5.41) is 2.87. The molecule has 1 aromatic rings. The summed E-state index contributed by atoms with van der Waals surface area (Å²) >= 11 is 3.10. The summed E-state index contributed by atoms with van der Waals surface area (Å²) in [6.45, 7) is 6.11. The van der Waals surface area contributed by atoms with Gasteiger partial charge in [-0.2, -0.15) is 0 Å². The average Bonchev–Trinajstić information content (AvgIpc) is 2.25. The van der Waals surface area contributed by atoms with Crippen molar-refractivity contribution in [3.63, 3.8) is 0 Å². The second-order valence-corrected chi connectivity index (χ2v) is 4.56. The van der Waals surface area contributed by atoms with Crippen LogP contribution in [-0.2, 0) is 0 Å². The lowest BCUT2D eigenvalue weighted by molar-refractivity contribution is -0.274. The summed E-state index contributed by atoms with van der Waals surface area (Å²) in [5.41, 5.74) is 1.18. The Labute approximate surface area is 112 Å². The number of benzene rings is 1. The van der Waals surface area contributed by atoms with Crippen molar-refractivity contribution in [2.24, 2.45) is 0 Å². The number of halogens is 4. The molecule has 0 aromatic heterocycles. The Morgan fingerprint density at radius 2 is 2.11 bits per heavy atom. The van der Waals surface area contributed by atoms with Gasteiger partial charge in [-0.1, -0.05) is 35.0 Å².